The van der Waals surface area contributed by atoms with Crippen LogP contribution in [-0.4, -0.2) is 53.5 Å². The molecule has 1 N–H and O–H groups in total. The summed E-state index contributed by atoms with van der Waals surface area (Å²) >= 11 is 0. The largest absolute Gasteiger partial charge is 0.507 e. The topological polar surface area (TPSA) is 119 Å². The van der Waals surface area contributed by atoms with Gasteiger partial charge < -0.3 is 19.5 Å². The zero-order valence-electron chi connectivity index (χ0n) is 17.8. The molecule has 1 aliphatic rings. The van der Waals surface area contributed by atoms with Crippen molar-refractivity contribution in [2.75, 3.05) is 26.9 Å². The van der Waals surface area contributed by atoms with Crippen LogP contribution in [0, 0.1) is 10.1 Å². The molecule has 9 heteroatoms. The number of carbonyl (C=O) groups is 2. The molecule has 0 aromatic heterocycles. The van der Waals surface area contributed by atoms with Gasteiger partial charge in [0.2, 0.25) is 0 Å². The minimum Gasteiger partial charge on any atom is -0.507 e. The van der Waals surface area contributed by atoms with Crippen molar-refractivity contribution in [2.45, 2.75) is 19.4 Å². The quantitative estimate of drug-likeness (QED) is 0.158. The fraction of sp³-hybridized carbons (Fsp3) is 0.304. The monoisotopic (exact) mass is 440 g/mol. The molecule has 1 atom stereocenters. The van der Waals surface area contributed by atoms with Gasteiger partial charge in [0.15, 0.2) is 0 Å². The maximum absolute atomic E-state index is 13.0. The second-order valence-corrected chi connectivity index (χ2v) is 7.11. The molecule has 168 valence electrons. The van der Waals surface area contributed by atoms with E-state index in [1.54, 1.807) is 30.3 Å². The predicted molar refractivity (Wildman–Crippen MR) is 116 cm³/mol. The second kappa shape index (κ2) is 10.1. The van der Waals surface area contributed by atoms with Gasteiger partial charge in [0.05, 0.1) is 28.7 Å². The Kier molecular flexibility index (Phi) is 7.21. The van der Waals surface area contributed by atoms with Crippen LogP contribution in [0.4, 0.5) is 5.69 Å². The Morgan fingerprint density at radius 2 is 1.84 bits per heavy atom. The molecule has 9 nitrogen and oxygen atoms in total. The minimum absolute atomic E-state index is 0.134. The number of Topliss-reactive ketones (excluding diaryl/α,β-unsaturated/α-hetero) is 1. The fourth-order valence-corrected chi connectivity index (χ4v) is 3.73. The van der Waals surface area contributed by atoms with E-state index in [1.165, 1.54) is 30.2 Å². The van der Waals surface area contributed by atoms with Gasteiger partial charge in [-0.05, 0) is 43.7 Å². The molecule has 0 saturated carbocycles. The van der Waals surface area contributed by atoms with Crippen molar-refractivity contribution >= 4 is 23.1 Å². The van der Waals surface area contributed by atoms with Crippen LogP contribution in [0.3, 0.4) is 0 Å². The first-order chi connectivity index (χ1) is 15.4. The average molecular weight is 440 g/mol. The molecule has 0 bridgehead atoms. The normalized spacial score (nSPS) is 17.6. The van der Waals surface area contributed by atoms with Gasteiger partial charge in [-0.3, -0.25) is 19.7 Å². The van der Waals surface area contributed by atoms with Gasteiger partial charge in [-0.1, -0.05) is 12.1 Å². The van der Waals surface area contributed by atoms with Crippen molar-refractivity contribution in [1.29, 1.82) is 0 Å². The molecule has 0 radical (unpaired) electrons. The van der Waals surface area contributed by atoms with Crippen LogP contribution in [0.5, 0.6) is 5.75 Å². The van der Waals surface area contributed by atoms with Gasteiger partial charge in [-0.15, -0.1) is 0 Å². The average Bonchev–Trinajstić information content (AvgIpc) is 3.04. The van der Waals surface area contributed by atoms with E-state index < -0.39 is 28.4 Å². The molecule has 1 amide bonds. The summed E-state index contributed by atoms with van der Waals surface area (Å²) in [6.45, 7) is 2.78. The number of nitrogens with zero attached hydrogens (tertiary/aromatic N) is 2. The van der Waals surface area contributed by atoms with Crippen molar-refractivity contribution in [3.05, 3.63) is 75.3 Å². The number of likely N-dealkylation sites (tertiary alicyclic amines) is 1. The van der Waals surface area contributed by atoms with E-state index in [4.69, 9.17) is 9.47 Å². The number of nitro groups is 1. The van der Waals surface area contributed by atoms with E-state index in [1.807, 2.05) is 6.92 Å². The molecule has 1 aliphatic heterocycles. The Morgan fingerprint density at radius 3 is 2.47 bits per heavy atom. The van der Waals surface area contributed by atoms with Crippen LogP contribution >= 0.6 is 0 Å². The molecular weight excluding hydrogens is 416 g/mol. The maximum Gasteiger partial charge on any atom is 0.295 e. The van der Waals surface area contributed by atoms with Crippen LogP contribution < -0.4 is 4.74 Å². The lowest BCUT2D eigenvalue weighted by atomic mass is 9.94. The van der Waals surface area contributed by atoms with Crippen LogP contribution in [0.1, 0.15) is 30.5 Å². The SMILES string of the molecule is CCOc1ccc(C(O)=C2C(=O)C(=O)N(CCCOC)[C@H]2c2ccccc2[N+](=O)[O-])cc1. The van der Waals surface area contributed by atoms with Crippen LogP contribution in [0.25, 0.3) is 5.76 Å². The standard InChI is InChI=1S/C23H24N2O7/c1-3-32-16-11-9-15(10-12-16)21(26)19-20(17-7-4-5-8-18(17)25(29)30)24(13-6-14-31-2)23(28)22(19)27/h4-5,7-12,20,26H,3,6,13-14H2,1-2H3/t20-/m0/s1. The molecule has 2 aromatic carbocycles. The second-order valence-electron chi connectivity index (χ2n) is 7.11. The Labute approximate surface area is 185 Å². The fourth-order valence-electron chi connectivity index (χ4n) is 3.73. The van der Waals surface area contributed by atoms with Crippen LogP contribution in [0.2, 0.25) is 0 Å². The number of amides is 1. The molecular formula is C23H24N2O7. The molecule has 3 rings (SSSR count). The zero-order chi connectivity index (χ0) is 23.3. The van der Waals surface area contributed by atoms with Crippen LogP contribution in [-0.2, 0) is 14.3 Å². The number of ether oxygens (including phenoxy) is 2. The molecule has 0 spiro atoms. The summed E-state index contributed by atoms with van der Waals surface area (Å²) in [5.41, 5.74) is 0.0214. The molecule has 2 aromatic rings. The molecule has 1 heterocycles. The summed E-state index contributed by atoms with van der Waals surface area (Å²) in [6, 6.07) is 11.2. The summed E-state index contributed by atoms with van der Waals surface area (Å²) in [5.74, 6) is -1.53. The highest BCUT2D eigenvalue weighted by Gasteiger charge is 2.47. The third-order valence-corrected chi connectivity index (χ3v) is 5.15. The van der Waals surface area contributed by atoms with Gasteiger partial charge in [-0.2, -0.15) is 0 Å². The number of benzene rings is 2. The number of hydrogen-bond donors (Lipinski definition) is 1. The summed E-state index contributed by atoms with van der Waals surface area (Å²) < 4.78 is 10.4. The third-order valence-electron chi connectivity index (χ3n) is 5.15. The van der Waals surface area contributed by atoms with Crippen molar-refractivity contribution in [3.63, 3.8) is 0 Å². The molecule has 0 aliphatic carbocycles. The lowest BCUT2D eigenvalue weighted by molar-refractivity contribution is -0.385. The van der Waals surface area contributed by atoms with Gasteiger partial charge in [0.25, 0.3) is 17.4 Å². The van der Waals surface area contributed by atoms with Crippen molar-refractivity contribution in [2.24, 2.45) is 0 Å². The van der Waals surface area contributed by atoms with Crippen molar-refractivity contribution in [1.82, 2.24) is 4.90 Å². The highest BCUT2D eigenvalue weighted by atomic mass is 16.6. The summed E-state index contributed by atoms with van der Waals surface area (Å²) in [6.07, 6.45) is 0.420. The summed E-state index contributed by atoms with van der Waals surface area (Å²) in [4.78, 5) is 38.2. The van der Waals surface area contributed by atoms with Crippen molar-refractivity contribution in [3.8, 4) is 5.75 Å². The Bertz CT molecular complexity index is 1050. The van der Waals surface area contributed by atoms with Crippen LogP contribution in [0.15, 0.2) is 54.1 Å². The number of hydrogen-bond acceptors (Lipinski definition) is 7. The van der Waals surface area contributed by atoms with E-state index in [0.717, 1.165) is 0 Å². The van der Waals surface area contributed by atoms with E-state index in [2.05, 4.69) is 0 Å². The number of rotatable bonds is 9. The third kappa shape index (κ3) is 4.47. The number of nitro benzene ring substituents is 1. The minimum atomic E-state index is -1.10. The highest BCUT2D eigenvalue weighted by Crippen LogP contribution is 2.42. The highest BCUT2D eigenvalue weighted by molar-refractivity contribution is 6.46. The predicted octanol–water partition coefficient (Wildman–Crippen LogP) is 3.45. The smallest absolute Gasteiger partial charge is 0.295 e. The first-order valence-corrected chi connectivity index (χ1v) is 10.1. The van der Waals surface area contributed by atoms with Gasteiger partial charge in [0.1, 0.15) is 11.5 Å². The number of para-hydroxylation sites is 1. The van der Waals surface area contributed by atoms with Gasteiger partial charge >= 0.3 is 0 Å². The molecule has 1 fully saturated rings. The first-order valence-electron chi connectivity index (χ1n) is 10.1. The Balaban J connectivity index is 2.15. The molecule has 32 heavy (non-hydrogen) atoms. The Hall–Kier alpha value is -3.72. The molecule has 0 unspecified atom stereocenters. The molecule has 1 saturated heterocycles. The Morgan fingerprint density at radius 1 is 1.16 bits per heavy atom. The van der Waals surface area contributed by atoms with E-state index in [9.17, 15) is 24.8 Å². The lowest BCUT2D eigenvalue weighted by Gasteiger charge is -2.25. The number of aliphatic hydroxyl groups excluding tert-OH is 1. The number of carbonyl (C=O) groups excluding carboxylic acids is 2. The lowest BCUT2D eigenvalue weighted by Crippen LogP contribution is -2.31. The number of ketones is 1. The number of methoxy groups -OCH3 is 1. The van der Waals surface area contributed by atoms with Gasteiger partial charge in [-0.25, -0.2) is 0 Å². The van der Waals surface area contributed by atoms with Crippen molar-refractivity contribution < 1.29 is 29.1 Å². The van der Waals surface area contributed by atoms with E-state index in [-0.39, 0.29) is 23.4 Å². The van der Waals surface area contributed by atoms with E-state index >= 15 is 0 Å². The van der Waals surface area contributed by atoms with Gasteiger partial charge in [0, 0.05) is 31.9 Å². The first kappa shape index (κ1) is 23.0. The summed E-state index contributed by atoms with van der Waals surface area (Å²) in [7, 11) is 1.51. The number of aliphatic hydroxyl groups is 1. The van der Waals surface area contributed by atoms with E-state index in [0.29, 0.717) is 30.9 Å². The maximum atomic E-state index is 13.0. The summed E-state index contributed by atoms with van der Waals surface area (Å²) in [5, 5.41) is 22.7. The zero-order valence-corrected chi connectivity index (χ0v) is 17.8.